The zero-order chi connectivity index (χ0) is 21.8. The van der Waals surface area contributed by atoms with Gasteiger partial charge in [0.2, 0.25) is 0 Å². The zero-order valence-corrected chi connectivity index (χ0v) is 19.3. The van der Waals surface area contributed by atoms with Crippen molar-refractivity contribution < 1.29 is 8.78 Å². The Balaban J connectivity index is 1.27. The van der Waals surface area contributed by atoms with Crippen molar-refractivity contribution in [2.75, 3.05) is 0 Å². The van der Waals surface area contributed by atoms with Gasteiger partial charge in [-0.15, -0.1) is 0 Å². The van der Waals surface area contributed by atoms with E-state index in [1.165, 1.54) is 81.9 Å². The van der Waals surface area contributed by atoms with E-state index in [0.717, 1.165) is 34.8 Å². The second kappa shape index (κ2) is 10.3. The lowest BCUT2D eigenvalue weighted by atomic mass is 9.70. The maximum atomic E-state index is 13.5. The molecular formula is C29H38F2. The minimum atomic E-state index is -0.792. The fourth-order valence-corrected chi connectivity index (χ4v) is 6.24. The van der Waals surface area contributed by atoms with E-state index >= 15 is 0 Å². The summed E-state index contributed by atoms with van der Waals surface area (Å²) in [5.74, 6) is 2.81. The molecule has 2 aliphatic carbocycles. The Bertz CT molecular complexity index is 824. The van der Waals surface area contributed by atoms with E-state index in [4.69, 9.17) is 0 Å². The predicted molar refractivity (Wildman–Crippen MR) is 126 cm³/mol. The average molecular weight is 425 g/mol. The van der Waals surface area contributed by atoms with Crippen molar-refractivity contribution in [2.24, 2.45) is 23.7 Å². The summed E-state index contributed by atoms with van der Waals surface area (Å²) in [7, 11) is 0. The summed E-state index contributed by atoms with van der Waals surface area (Å²) in [5, 5.41) is 0. The Morgan fingerprint density at radius 2 is 1.35 bits per heavy atom. The zero-order valence-electron chi connectivity index (χ0n) is 19.3. The van der Waals surface area contributed by atoms with E-state index in [0.29, 0.717) is 5.92 Å². The molecule has 0 radical (unpaired) electrons. The van der Waals surface area contributed by atoms with Gasteiger partial charge in [0.05, 0.1) is 0 Å². The van der Waals surface area contributed by atoms with Crippen molar-refractivity contribution in [3.63, 3.8) is 0 Å². The van der Waals surface area contributed by atoms with Crippen LogP contribution in [0.1, 0.15) is 89.5 Å². The fourth-order valence-electron chi connectivity index (χ4n) is 6.24. The highest BCUT2D eigenvalue weighted by molar-refractivity contribution is 5.63. The Morgan fingerprint density at radius 1 is 0.742 bits per heavy atom. The Hall–Kier alpha value is -1.70. The summed E-state index contributed by atoms with van der Waals surface area (Å²) in [6, 6.07) is 12.6. The molecule has 2 aromatic carbocycles. The molecule has 0 N–H and O–H groups in total. The normalized spacial score (nSPS) is 27.7. The first-order chi connectivity index (χ1) is 15.0. The van der Waals surface area contributed by atoms with Gasteiger partial charge in [-0.05, 0) is 103 Å². The van der Waals surface area contributed by atoms with Crippen molar-refractivity contribution in [1.82, 2.24) is 0 Å². The molecule has 0 aliphatic heterocycles. The van der Waals surface area contributed by atoms with Gasteiger partial charge in [-0.1, -0.05) is 63.4 Å². The van der Waals surface area contributed by atoms with Crippen LogP contribution in [0.2, 0.25) is 0 Å². The van der Waals surface area contributed by atoms with Gasteiger partial charge < -0.3 is 0 Å². The third kappa shape index (κ3) is 5.57. The summed E-state index contributed by atoms with van der Waals surface area (Å²) in [4.78, 5) is 0. The Labute approximate surface area is 187 Å². The standard InChI is InChI=1S/C29H38F2/c1-3-21-4-8-23(9-5-21)20(2)18-22-6-10-24(11-7-22)25-12-14-26(15-13-25)27-16-17-28(30)29(31)19-27/h12-17,19-24H,3-11,18H2,1-2H3. The van der Waals surface area contributed by atoms with Gasteiger partial charge in [0.25, 0.3) is 0 Å². The van der Waals surface area contributed by atoms with Crippen LogP contribution in [0.15, 0.2) is 42.5 Å². The second-order valence-corrected chi connectivity index (χ2v) is 10.4. The smallest absolute Gasteiger partial charge is 0.159 e. The predicted octanol–water partition coefficient (Wildman–Crippen LogP) is 9.15. The summed E-state index contributed by atoms with van der Waals surface area (Å²) < 4.78 is 26.7. The lowest BCUT2D eigenvalue weighted by Gasteiger charge is -2.35. The molecule has 2 saturated carbocycles. The van der Waals surface area contributed by atoms with Crippen LogP contribution in [-0.4, -0.2) is 0 Å². The Kier molecular flexibility index (Phi) is 7.46. The molecule has 0 saturated heterocycles. The number of hydrogen-bond acceptors (Lipinski definition) is 0. The van der Waals surface area contributed by atoms with Crippen molar-refractivity contribution >= 4 is 0 Å². The molecule has 0 amide bonds. The summed E-state index contributed by atoms with van der Waals surface area (Å²) in [6.07, 6.45) is 13.9. The van der Waals surface area contributed by atoms with Gasteiger partial charge in [-0.2, -0.15) is 0 Å². The molecule has 31 heavy (non-hydrogen) atoms. The van der Waals surface area contributed by atoms with Gasteiger partial charge in [0, 0.05) is 0 Å². The number of halogens is 2. The summed E-state index contributed by atoms with van der Waals surface area (Å²) in [6.45, 7) is 4.86. The van der Waals surface area contributed by atoms with Crippen LogP contribution < -0.4 is 0 Å². The van der Waals surface area contributed by atoms with Crippen molar-refractivity contribution in [3.05, 3.63) is 59.7 Å². The first-order valence-electron chi connectivity index (χ1n) is 12.6. The van der Waals surface area contributed by atoms with E-state index in [1.807, 2.05) is 0 Å². The van der Waals surface area contributed by atoms with Crippen LogP contribution in [0, 0.1) is 35.3 Å². The minimum absolute atomic E-state index is 0.644. The molecule has 0 nitrogen and oxygen atoms in total. The molecular weight excluding hydrogens is 386 g/mol. The first-order valence-corrected chi connectivity index (χ1v) is 12.6. The molecule has 0 spiro atoms. The SMILES string of the molecule is CCC1CCC(C(C)CC2CCC(c3ccc(-c4ccc(F)c(F)c4)cc3)CC2)CC1. The highest BCUT2D eigenvalue weighted by Gasteiger charge is 2.28. The van der Waals surface area contributed by atoms with Crippen LogP contribution in [0.4, 0.5) is 8.78 Å². The molecule has 4 rings (SSSR count). The lowest BCUT2D eigenvalue weighted by Crippen LogP contribution is -2.23. The van der Waals surface area contributed by atoms with Crippen molar-refractivity contribution in [2.45, 2.75) is 84.0 Å². The summed E-state index contributed by atoms with van der Waals surface area (Å²) >= 11 is 0. The fraction of sp³-hybridized carbons (Fsp3) is 0.586. The van der Waals surface area contributed by atoms with E-state index in [9.17, 15) is 8.78 Å². The van der Waals surface area contributed by atoms with Crippen LogP contribution in [0.3, 0.4) is 0 Å². The van der Waals surface area contributed by atoms with E-state index in [-0.39, 0.29) is 0 Å². The monoisotopic (exact) mass is 424 g/mol. The third-order valence-corrected chi connectivity index (χ3v) is 8.46. The quantitative estimate of drug-likeness (QED) is 0.433. The molecule has 2 fully saturated rings. The van der Waals surface area contributed by atoms with Crippen LogP contribution in [-0.2, 0) is 0 Å². The molecule has 1 atom stereocenters. The molecule has 2 aliphatic rings. The number of hydrogen-bond donors (Lipinski definition) is 0. The number of rotatable bonds is 6. The van der Waals surface area contributed by atoms with Gasteiger partial charge in [0.15, 0.2) is 11.6 Å². The molecule has 0 heterocycles. The van der Waals surface area contributed by atoms with Crippen LogP contribution >= 0.6 is 0 Å². The minimum Gasteiger partial charge on any atom is -0.204 e. The largest absolute Gasteiger partial charge is 0.204 e. The molecule has 1 unspecified atom stereocenters. The van der Waals surface area contributed by atoms with E-state index in [1.54, 1.807) is 6.07 Å². The van der Waals surface area contributed by atoms with E-state index in [2.05, 4.69) is 38.1 Å². The average Bonchev–Trinajstić information content (AvgIpc) is 2.81. The van der Waals surface area contributed by atoms with Crippen molar-refractivity contribution in [3.8, 4) is 11.1 Å². The van der Waals surface area contributed by atoms with E-state index < -0.39 is 11.6 Å². The van der Waals surface area contributed by atoms with Gasteiger partial charge >= 0.3 is 0 Å². The first kappa shape index (κ1) is 22.5. The highest BCUT2D eigenvalue weighted by Crippen LogP contribution is 2.42. The Morgan fingerprint density at radius 3 is 1.97 bits per heavy atom. The molecule has 2 heteroatoms. The second-order valence-electron chi connectivity index (χ2n) is 10.4. The van der Waals surface area contributed by atoms with Gasteiger partial charge in [0.1, 0.15) is 0 Å². The van der Waals surface area contributed by atoms with Crippen LogP contribution in [0.5, 0.6) is 0 Å². The maximum Gasteiger partial charge on any atom is 0.159 e. The number of benzene rings is 2. The molecule has 0 bridgehead atoms. The molecule has 168 valence electrons. The van der Waals surface area contributed by atoms with Crippen molar-refractivity contribution in [1.29, 1.82) is 0 Å². The third-order valence-electron chi connectivity index (χ3n) is 8.46. The topological polar surface area (TPSA) is 0 Å². The van der Waals surface area contributed by atoms with Gasteiger partial charge in [-0.3, -0.25) is 0 Å². The van der Waals surface area contributed by atoms with Crippen LogP contribution in [0.25, 0.3) is 11.1 Å². The maximum absolute atomic E-state index is 13.5. The molecule has 0 aromatic heterocycles. The highest BCUT2D eigenvalue weighted by atomic mass is 19.2. The molecule has 2 aromatic rings. The lowest BCUT2D eigenvalue weighted by molar-refractivity contribution is 0.172. The van der Waals surface area contributed by atoms with Gasteiger partial charge in [-0.25, -0.2) is 8.78 Å². The summed E-state index contributed by atoms with van der Waals surface area (Å²) in [5.41, 5.74) is 3.08.